The highest BCUT2D eigenvalue weighted by Gasteiger charge is 2.26. The van der Waals surface area contributed by atoms with Crippen molar-refractivity contribution >= 4 is 21.9 Å². The summed E-state index contributed by atoms with van der Waals surface area (Å²) in [5.41, 5.74) is 6.30. The number of hydrogen-bond donors (Lipinski definition) is 2. The van der Waals surface area contributed by atoms with Crippen LogP contribution < -0.4 is 10.0 Å². The molecular formula is C18H21N3O3S. The molecule has 25 heavy (non-hydrogen) atoms. The van der Waals surface area contributed by atoms with Crippen LogP contribution in [0.5, 0.6) is 0 Å². The quantitative estimate of drug-likeness (QED) is 0.884. The SMILES string of the molecule is Cc1cccn1S(=O)(=O)NC(=O)Nc1c2c(cc3c1CCC3)CCC2. The number of nitrogens with zero attached hydrogens (tertiary/aromatic N) is 1. The van der Waals surface area contributed by atoms with Crippen LogP contribution in [0.4, 0.5) is 10.5 Å². The summed E-state index contributed by atoms with van der Waals surface area (Å²) in [6.07, 6.45) is 7.50. The van der Waals surface area contributed by atoms with E-state index in [-0.39, 0.29) is 0 Å². The number of aryl methyl sites for hydroxylation is 3. The molecule has 0 radical (unpaired) electrons. The van der Waals surface area contributed by atoms with E-state index < -0.39 is 16.2 Å². The third-order valence-electron chi connectivity index (χ3n) is 5.10. The second-order valence-corrected chi connectivity index (χ2v) is 8.29. The van der Waals surface area contributed by atoms with Gasteiger partial charge in [-0.3, -0.25) is 0 Å². The van der Waals surface area contributed by atoms with Gasteiger partial charge in [-0.2, -0.15) is 8.42 Å². The van der Waals surface area contributed by atoms with Gasteiger partial charge in [0.2, 0.25) is 0 Å². The van der Waals surface area contributed by atoms with Crippen LogP contribution in [0.15, 0.2) is 24.4 Å². The predicted octanol–water partition coefficient (Wildman–Crippen LogP) is 2.69. The zero-order valence-corrected chi connectivity index (χ0v) is 14.9. The fourth-order valence-corrected chi connectivity index (χ4v) is 5.05. The van der Waals surface area contributed by atoms with E-state index in [0.717, 1.165) is 48.2 Å². The number of urea groups is 1. The third-order valence-corrected chi connectivity index (χ3v) is 6.47. The molecule has 132 valence electrons. The molecular weight excluding hydrogens is 338 g/mol. The molecule has 0 saturated carbocycles. The lowest BCUT2D eigenvalue weighted by Gasteiger charge is -2.17. The summed E-state index contributed by atoms with van der Waals surface area (Å²) >= 11 is 0. The normalized spacial score (nSPS) is 15.7. The Hall–Kier alpha value is -2.28. The topological polar surface area (TPSA) is 80.2 Å². The first-order chi connectivity index (χ1) is 12.0. The minimum Gasteiger partial charge on any atom is -0.307 e. The van der Waals surface area contributed by atoms with E-state index in [1.807, 2.05) is 0 Å². The van der Waals surface area contributed by atoms with Gasteiger partial charge in [-0.1, -0.05) is 6.07 Å². The molecule has 0 saturated heterocycles. The Kier molecular flexibility index (Phi) is 3.83. The maximum absolute atomic E-state index is 12.4. The van der Waals surface area contributed by atoms with Crippen LogP contribution in [0.25, 0.3) is 0 Å². The van der Waals surface area contributed by atoms with Crippen molar-refractivity contribution in [1.29, 1.82) is 0 Å². The lowest BCUT2D eigenvalue weighted by Crippen LogP contribution is -2.38. The summed E-state index contributed by atoms with van der Waals surface area (Å²) in [5.74, 6) is 0. The maximum Gasteiger partial charge on any atom is 0.334 e. The number of amides is 2. The van der Waals surface area contributed by atoms with Gasteiger partial charge >= 0.3 is 16.2 Å². The lowest BCUT2D eigenvalue weighted by molar-refractivity contribution is 0.256. The molecule has 0 aliphatic heterocycles. The number of benzene rings is 1. The van der Waals surface area contributed by atoms with Gasteiger partial charge in [0.15, 0.2) is 0 Å². The van der Waals surface area contributed by atoms with Gasteiger partial charge in [-0.25, -0.2) is 13.5 Å². The van der Waals surface area contributed by atoms with E-state index >= 15 is 0 Å². The van der Waals surface area contributed by atoms with Crippen molar-refractivity contribution in [3.05, 3.63) is 52.3 Å². The number of nitrogens with one attached hydrogen (secondary N) is 2. The first-order valence-electron chi connectivity index (χ1n) is 8.60. The van der Waals surface area contributed by atoms with Gasteiger partial charge in [-0.05, 0) is 79.8 Å². The first-order valence-corrected chi connectivity index (χ1v) is 10.0. The van der Waals surface area contributed by atoms with Crippen LogP contribution in [-0.4, -0.2) is 18.4 Å². The summed E-state index contributed by atoms with van der Waals surface area (Å²) < 4.78 is 27.9. The molecule has 0 spiro atoms. The fraction of sp³-hybridized carbons (Fsp3) is 0.389. The largest absolute Gasteiger partial charge is 0.334 e. The summed E-state index contributed by atoms with van der Waals surface area (Å²) in [6, 6.07) is 4.87. The van der Waals surface area contributed by atoms with Gasteiger partial charge in [0, 0.05) is 17.6 Å². The van der Waals surface area contributed by atoms with Gasteiger partial charge in [0.25, 0.3) is 0 Å². The molecule has 1 aromatic carbocycles. The Morgan fingerprint density at radius 3 is 2.28 bits per heavy atom. The smallest absolute Gasteiger partial charge is 0.307 e. The van der Waals surface area contributed by atoms with Crippen molar-refractivity contribution < 1.29 is 13.2 Å². The monoisotopic (exact) mass is 359 g/mol. The molecule has 0 unspecified atom stereocenters. The van der Waals surface area contributed by atoms with Crippen LogP contribution in [0.1, 0.15) is 40.8 Å². The first kappa shape index (κ1) is 16.2. The average molecular weight is 359 g/mol. The lowest BCUT2D eigenvalue weighted by atomic mass is 9.99. The average Bonchev–Trinajstić information content (AvgIpc) is 3.25. The zero-order chi connectivity index (χ0) is 17.6. The zero-order valence-electron chi connectivity index (χ0n) is 14.1. The highest BCUT2D eigenvalue weighted by molar-refractivity contribution is 7.88. The number of rotatable bonds is 3. The van der Waals surface area contributed by atoms with Crippen LogP contribution in [0.3, 0.4) is 0 Å². The fourth-order valence-electron chi connectivity index (χ4n) is 3.99. The summed E-state index contributed by atoms with van der Waals surface area (Å²) in [5, 5.41) is 2.84. The number of carbonyl (C=O) groups is 1. The van der Waals surface area contributed by atoms with E-state index in [0.29, 0.717) is 5.69 Å². The molecule has 2 aliphatic rings. The van der Waals surface area contributed by atoms with E-state index in [9.17, 15) is 13.2 Å². The molecule has 7 heteroatoms. The molecule has 1 aromatic heterocycles. The Bertz CT molecular complexity index is 928. The van der Waals surface area contributed by atoms with Gasteiger partial charge in [0.1, 0.15) is 0 Å². The Balaban J connectivity index is 1.61. The highest BCUT2D eigenvalue weighted by atomic mass is 32.2. The molecule has 1 heterocycles. The van der Waals surface area contributed by atoms with Crippen LogP contribution in [0.2, 0.25) is 0 Å². The molecule has 2 aromatic rings. The third kappa shape index (κ3) is 2.82. The minimum absolute atomic E-state index is 0.543. The highest BCUT2D eigenvalue weighted by Crippen LogP contribution is 2.38. The Morgan fingerprint density at radius 2 is 1.72 bits per heavy atom. The minimum atomic E-state index is -3.94. The van der Waals surface area contributed by atoms with Gasteiger partial charge < -0.3 is 5.32 Å². The molecule has 0 atom stereocenters. The molecule has 0 fully saturated rings. The van der Waals surface area contributed by atoms with Crippen molar-refractivity contribution in [2.75, 3.05) is 5.32 Å². The second kappa shape index (κ2) is 5.91. The van der Waals surface area contributed by atoms with Crippen molar-refractivity contribution in [3.8, 4) is 0 Å². The molecule has 0 bridgehead atoms. The predicted molar refractivity (Wildman–Crippen MR) is 96.1 cm³/mol. The molecule has 2 aliphatic carbocycles. The van der Waals surface area contributed by atoms with Crippen molar-refractivity contribution in [2.45, 2.75) is 45.4 Å². The van der Waals surface area contributed by atoms with Crippen LogP contribution in [0, 0.1) is 6.92 Å². The summed E-state index contributed by atoms with van der Waals surface area (Å²) in [7, 11) is -3.94. The summed E-state index contributed by atoms with van der Waals surface area (Å²) in [4.78, 5) is 12.4. The van der Waals surface area contributed by atoms with E-state index in [1.54, 1.807) is 19.1 Å². The number of hydrogen-bond acceptors (Lipinski definition) is 3. The van der Waals surface area contributed by atoms with E-state index in [1.165, 1.54) is 28.5 Å². The molecule has 6 nitrogen and oxygen atoms in total. The molecule has 2 N–H and O–H groups in total. The van der Waals surface area contributed by atoms with Crippen molar-refractivity contribution in [3.63, 3.8) is 0 Å². The summed E-state index contributed by atoms with van der Waals surface area (Å²) in [6.45, 7) is 1.67. The Morgan fingerprint density at radius 1 is 1.08 bits per heavy atom. The maximum atomic E-state index is 12.4. The van der Waals surface area contributed by atoms with Crippen molar-refractivity contribution in [2.24, 2.45) is 0 Å². The van der Waals surface area contributed by atoms with Crippen molar-refractivity contribution in [1.82, 2.24) is 8.69 Å². The van der Waals surface area contributed by atoms with Gasteiger partial charge in [-0.15, -0.1) is 0 Å². The molecule has 4 rings (SSSR count). The number of aromatic nitrogens is 1. The number of anilines is 1. The van der Waals surface area contributed by atoms with E-state index in [2.05, 4.69) is 16.1 Å². The number of carbonyl (C=O) groups excluding carboxylic acids is 1. The molecule has 2 amide bonds. The standard InChI is InChI=1S/C18H21N3O3S/c1-12-5-4-10-21(12)25(23,24)20-18(22)19-17-15-8-2-6-13(15)11-14-7-3-9-16(14)17/h4-5,10-11H,2-3,6-9H2,1H3,(H2,19,20,22). The van der Waals surface area contributed by atoms with Crippen LogP contribution in [-0.2, 0) is 35.9 Å². The number of fused-ring (bicyclic) bond motifs is 2. The second-order valence-electron chi connectivity index (χ2n) is 6.74. The van der Waals surface area contributed by atoms with E-state index in [4.69, 9.17) is 0 Å². The van der Waals surface area contributed by atoms with Gasteiger partial charge in [0.05, 0.1) is 0 Å². The van der Waals surface area contributed by atoms with Crippen LogP contribution >= 0.6 is 0 Å². The Labute approximate surface area is 147 Å².